The van der Waals surface area contributed by atoms with Gasteiger partial charge in [-0.3, -0.25) is 0 Å². The Bertz CT molecular complexity index is 1630. The second kappa shape index (κ2) is 6.64. The van der Waals surface area contributed by atoms with Gasteiger partial charge in [0.2, 0.25) is 0 Å². The van der Waals surface area contributed by atoms with Crippen molar-refractivity contribution in [1.29, 1.82) is 0 Å². The minimum atomic E-state index is 0.764. The quantitative estimate of drug-likeness (QED) is 0.125. The van der Waals surface area contributed by atoms with Crippen LogP contribution in [0.3, 0.4) is 0 Å². The average molecular weight is 399 g/mol. The first-order chi connectivity index (χ1) is 15.2. The molecule has 6 aromatic rings. The normalized spacial score (nSPS) is 11.5. The molecule has 0 unspecified atom stereocenters. The minimum Gasteiger partial charge on any atom is -0.399 e. The van der Waals surface area contributed by atoms with Crippen molar-refractivity contribution in [2.45, 2.75) is 0 Å². The van der Waals surface area contributed by atoms with Gasteiger partial charge in [-0.2, -0.15) is 0 Å². The molecule has 0 radical (unpaired) electrons. The minimum absolute atomic E-state index is 0.764. The molecule has 0 atom stereocenters. The standard InChI is InChI=1S/C28H21N3/c29-20-13-12-17-16-25-18(14-19(17)15-20)6-5-11-26(25)31-28-24-10-4-2-8-22(24)21-7-1-3-9-23(21)27(28)30/h1-16,31H,29-30H2. The van der Waals surface area contributed by atoms with Gasteiger partial charge in [-0.25, -0.2) is 0 Å². The van der Waals surface area contributed by atoms with Crippen molar-refractivity contribution in [1.82, 2.24) is 0 Å². The van der Waals surface area contributed by atoms with E-state index in [0.717, 1.165) is 55.1 Å². The highest BCUT2D eigenvalue weighted by Gasteiger charge is 2.13. The number of nitrogens with one attached hydrogen (secondary N) is 1. The van der Waals surface area contributed by atoms with Gasteiger partial charge in [-0.15, -0.1) is 0 Å². The molecule has 0 spiro atoms. The lowest BCUT2D eigenvalue weighted by molar-refractivity contribution is 1.62. The number of nitrogen functional groups attached to an aromatic ring is 2. The van der Waals surface area contributed by atoms with Gasteiger partial charge in [-0.05, 0) is 57.3 Å². The molecule has 3 nitrogen and oxygen atoms in total. The number of benzene rings is 6. The molecular weight excluding hydrogens is 378 g/mol. The average Bonchev–Trinajstić information content (AvgIpc) is 2.80. The van der Waals surface area contributed by atoms with Gasteiger partial charge in [0.1, 0.15) is 0 Å². The maximum absolute atomic E-state index is 6.71. The Kier molecular flexibility index (Phi) is 3.77. The van der Waals surface area contributed by atoms with Gasteiger partial charge in [0.15, 0.2) is 0 Å². The summed E-state index contributed by atoms with van der Waals surface area (Å²) in [5, 5.41) is 12.8. The Balaban J connectivity index is 1.61. The number of fused-ring (bicyclic) bond motifs is 5. The molecule has 0 aliphatic heterocycles. The first kappa shape index (κ1) is 17.6. The van der Waals surface area contributed by atoms with Crippen LogP contribution in [-0.2, 0) is 0 Å². The molecule has 3 heteroatoms. The molecule has 5 N–H and O–H groups in total. The summed E-state index contributed by atoms with van der Waals surface area (Å²) in [5.41, 5.74) is 16.2. The zero-order chi connectivity index (χ0) is 20.9. The molecule has 148 valence electrons. The highest BCUT2D eigenvalue weighted by Crippen LogP contribution is 2.41. The van der Waals surface area contributed by atoms with Gasteiger partial charge in [0.25, 0.3) is 0 Å². The summed E-state index contributed by atoms with van der Waals surface area (Å²) in [7, 11) is 0. The Hall–Kier alpha value is -4.24. The third-order valence-corrected chi connectivity index (χ3v) is 6.09. The predicted molar refractivity (Wildman–Crippen MR) is 135 cm³/mol. The maximum Gasteiger partial charge on any atom is 0.0704 e. The van der Waals surface area contributed by atoms with Crippen LogP contribution in [0.25, 0.3) is 43.1 Å². The molecule has 0 aromatic heterocycles. The van der Waals surface area contributed by atoms with Crippen molar-refractivity contribution in [2.75, 3.05) is 16.8 Å². The van der Waals surface area contributed by atoms with E-state index in [-0.39, 0.29) is 0 Å². The SMILES string of the molecule is Nc1ccc2cc3c(Nc4c(N)c5ccccc5c5ccccc45)cccc3cc2c1. The first-order valence-corrected chi connectivity index (χ1v) is 10.4. The Morgan fingerprint density at radius 1 is 0.484 bits per heavy atom. The highest BCUT2D eigenvalue weighted by atomic mass is 14.9. The van der Waals surface area contributed by atoms with Gasteiger partial charge < -0.3 is 16.8 Å². The summed E-state index contributed by atoms with van der Waals surface area (Å²) < 4.78 is 0. The first-order valence-electron chi connectivity index (χ1n) is 10.4. The summed E-state index contributed by atoms with van der Waals surface area (Å²) in [6.45, 7) is 0. The van der Waals surface area contributed by atoms with E-state index >= 15 is 0 Å². The molecule has 0 amide bonds. The van der Waals surface area contributed by atoms with E-state index in [1.54, 1.807) is 0 Å². The fraction of sp³-hybridized carbons (Fsp3) is 0. The summed E-state index contributed by atoms with van der Waals surface area (Å²) in [4.78, 5) is 0. The van der Waals surface area contributed by atoms with Crippen molar-refractivity contribution in [2.24, 2.45) is 0 Å². The van der Waals surface area contributed by atoms with Gasteiger partial charge in [-0.1, -0.05) is 66.7 Å². The Morgan fingerprint density at radius 3 is 2.00 bits per heavy atom. The third kappa shape index (κ3) is 2.75. The van der Waals surface area contributed by atoms with Crippen molar-refractivity contribution >= 4 is 65.8 Å². The largest absolute Gasteiger partial charge is 0.399 e. The second-order valence-corrected chi connectivity index (χ2v) is 7.99. The molecule has 0 heterocycles. The van der Waals surface area contributed by atoms with E-state index in [2.05, 4.69) is 84.2 Å². The van der Waals surface area contributed by atoms with Crippen LogP contribution in [0.2, 0.25) is 0 Å². The number of hydrogen-bond acceptors (Lipinski definition) is 3. The van der Waals surface area contributed by atoms with Crippen LogP contribution in [0.5, 0.6) is 0 Å². The molecule has 6 aromatic carbocycles. The maximum atomic E-state index is 6.71. The lowest BCUT2D eigenvalue weighted by atomic mass is 9.97. The molecule has 6 rings (SSSR count). The third-order valence-electron chi connectivity index (χ3n) is 6.09. The number of nitrogens with two attached hydrogens (primary N) is 2. The molecule has 0 fully saturated rings. The van der Waals surface area contributed by atoms with E-state index < -0.39 is 0 Å². The molecule has 31 heavy (non-hydrogen) atoms. The van der Waals surface area contributed by atoms with Crippen molar-refractivity contribution in [3.05, 3.63) is 97.1 Å². The van der Waals surface area contributed by atoms with Crippen LogP contribution in [0.15, 0.2) is 97.1 Å². The monoisotopic (exact) mass is 399 g/mol. The Morgan fingerprint density at radius 2 is 1.19 bits per heavy atom. The number of hydrogen-bond donors (Lipinski definition) is 3. The van der Waals surface area contributed by atoms with E-state index in [1.807, 2.05) is 18.2 Å². The molecule has 0 aliphatic carbocycles. The summed E-state index contributed by atoms with van der Waals surface area (Å²) in [6.07, 6.45) is 0. The van der Waals surface area contributed by atoms with Gasteiger partial charge >= 0.3 is 0 Å². The van der Waals surface area contributed by atoms with Crippen LogP contribution in [0.1, 0.15) is 0 Å². The Labute approximate surface area is 179 Å². The topological polar surface area (TPSA) is 64.1 Å². The molecule has 0 bridgehead atoms. The van der Waals surface area contributed by atoms with E-state index in [1.165, 1.54) is 10.8 Å². The molecule has 0 saturated heterocycles. The van der Waals surface area contributed by atoms with E-state index in [0.29, 0.717) is 0 Å². The number of anilines is 4. The van der Waals surface area contributed by atoms with Gasteiger partial charge in [0, 0.05) is 27.5 Å². The van der Waals surface area contributed by atoms with Crippen molar-refractivity contribution < 1.29 is 0 Å². The smallest absolute Gasteiger partial charge is 0.0704 e. The van der Waals surface area contributed by atoms with Crippen LogP contribution < -0.4 is 16.8 Å². The lowest BCUT2D eigenvalue weighted by Crippen LogP contribution is -1.99. The van der Waals surface area contributed by atoms with Crippen LogP contribution >= 0.6 is 0 Å². The molecule has 0 aliphatic rings. The van der Waals surface area contributed by atoms with Crippen molar-refractivity contribution in [3.63, 3.8) is 0 Å². The fourth-order valence-electron chi connectivity index (χ4n) is 4.59. The second-order valence-electron chi connectivity index (χ2n) is 7.99. The lowest BCUT2D eigenvalue weighted by Gasteiger charge is -2.18. The zero-order valence-electron chi connectivity index (χ0n) is 16.9. The zero-order valence-corrected chi connectivity index (χ0v) is 16.9. The van der Waals surface area contributed by atoms with Crippen molar-refractivity contribution in [3.8, 4) is 0 Å². The van der Waals surface area contributed by atoms with Gasteiger partial charge in [0.05, 0.1) is 11.4 Å². The summed E-state index contributed by atoms with van der Waals surface area (Å²) >= 11 is 0. The molecular formula is C28H21N3. The van der Waals surface area contributed by atoms with Crippen LogP contribution in [0, 0.1) is 0 Å². The molecule has 0 saturated carbocycles. The summed E-state index contributed by atoms with van der Waals surface area (Å²) in [5.74, 6) is 0. The predicted octanol–water partition coefficient (Wildman–Crippen LogP) is 7.21. The summed E-state index contributed by atoms with van der Waals surface area (Å²) in [6, 6.07) is 33.5. The van der Waals surface area contributed by atoms with E-state index in [9.17, 15) is 0 Å². The highest BCUT2D eigenvalue weighted by molar-refractivity contribution is 6.20. The van der Waals surface area contributed by atoms with Crippen LogP contribution in [0.4, 0.5) is 22.7 Å². The van der Waals surface area contributed by atoms with E-state index in [4.69, 9.17) is 11.5 Å². The van der Waals surface area contributed by atoms with Crippen LogP contribution in [-0.4, -0.2) is 0 Å². The fourth-order valence-corrected chi connectivity index (χ4v) is 4.59. The number of rotatable bonds is 2.